The topological polar surface area (TPSA) is 108 Å². The minimum Gasteiger partial charge on any atom is -0.494 e. The Morgan fingerprint density at radius 2 is 1.79 bits per heavy atom. The molecule has 0 aliphatic carbocycles. The van der Waals surface area contributed by atoms with E-state index in [0.717, 1.165) is 16.9 Å². The first-order valence-corrected chi connectivity index (χ1v) is 11.2. The third-order valence-corrected chi connectivity index (χ3v) is 5.66. The second-order valence-corrected chi connectivity index (χ2v) is 8.29. The number of carbonyl (C=O) groups is 3. The molecule has 182 valence electrons. The van der Waals surface area contributed by atoms with E-state index >= 15 is 0 Å². The molecule has 0 unspecified atom stereocenters. The molecule has 2 aromatic rings. The molecule has 1 aliphatic rings. The molecular weight excluding hydrogens is 464 g/mol. The van der Waals surface area contributed by atoms with E-state index in [1.807, 2.05) is 31.2 Å². The Morgan fingerprint density at radius 1 is 1.09 bits per heavy atom. The molecule has 0 spiro atoms. The Kier molecular flexibility index (Phi) is 8.66. The predicted octanol–water partition coefficient (Wildman–Crippen LogP) is 3.19. The molecule has 0 aromatic heterocycles. The maximum Gasteiger partial charge on any atom is 0.303 e. The Morgan fingerprint density at radius 3 is 2.41 bits per heavy atom. The Hall–Kier alpha value is -2.94. The van der Waals surface area contributed by atoms with Gasteiger partial charge in [0.25, 0.3) is 0 Å². The van der Waals surface area contributed by atoms with Gasteiger partial charge < -0.3 is 24.1 Å². The van der Waals surface area contributed by atoms with Crippen LogP contribution in [0.25, 0.3) is 0 Å². The van der Waals surface area contributed by atoms with Crippen LogP contribution >= 0.6 is 11.6 Å². The second-order valence-electron chi connectivity index (χ2n) is 7.88. The van der Waals surface area contributed by atoms with Gasteiger partial charge in [-0.1, -0.05) is 35.9 Å². The van der Waals surface area contributed by atoms with Gasteiger partial charge in [0, 0.05) is 18.9 Å². The summed E-state index contributed by atoms with van der Waals surface area (Å²) in [6, 6.07) is 12.7. The number of carbonyl (C=O) groups excluding carboxylic acids is 3. The monoisotopic (exact) mass is 490 g/mol. The third kappa shape index (κ3) is 6.34. The maximum atomic E-state index is 12.8. The summed E-state index contributed by atoms with van der Waals surface area (Å²) in [5.41, 5.74) is 2.29. The molecule has 1 fully saturated rings. The fraction of sp³-hybridized carbons (Fsp3) is 0.400. The molecule has 9 heteroatoms. The zero-order valence-electron chi connectivity index (χ0n) is 19.2. The highest BCUT2D eigenvalue weighted by Gasteiger charge is 2.47. The van der Waals surface area contributed by atoms with Crippen molar-refractivity contribution in [2.45, 2.75) is 51.6 Å². The van der Waals surface area contributed by atoms with Crippen molar-refractivity contribution < 1.29 is 38.4 Å². The van der Waals surface area contributed by atoms with E-state index in [1.54, 1.807) is 18.2 Å². The number of benzene rings is 2. The predicted molar refractivity (Wildman–Crippen MR) is 123 cm³/mol. The standard InChI is InChI=1S/C25H27ClO8/c1-4-31-19-8-5-16(6-9-19)11-18-12-17(7-10-20(18)26)24-25(33-15(3)28)23(30)22(29)21(34-24)13-32-14(2)27/h5-10,12,21-22,24-25,29H,4,11,13H2,1-3H3/t21-,22+,24+,25+/m1/s1. The highest BCUT2D eigenvalue weighted by molar-refractivity contribution is 6.31. The number of rotatable bonds is 8. The number of Topliss-reactive ketones (excluding diaryl/α,β-unsaturated/α-hetero) is 1. The number of halogens is 1. The number of ketones is 1. The molecule has 1 aliphatic heterocycles. The van der Waals surface area contributed by atoms with Gasteiger partial charge in [-0.05, 0) is 48.2 Å². The van der Waals surface area contributed by atoms with Crippen molar-refractivity contribution in [3.8, 4) is 5.75 Å². The van der Waals surface area contributed by atoms with E-state index in [-0.39, 0.29) is 6.61 Å². The molecule has 34 heavy (non-hydrogen) atoms. The van der Waals surface area contributed by atoms with Gasteiger partial charge in [0.05, 0.1) is 6.61 Å². The molecule has 0 saturated carbocycles. The lowest BCUT2D eigenvalue weighted by molar-refractivity contribution is -0.203. The van der Waals surface area contributed by atoms with Crippen LogP contribution in [0.1, 0.15) is 43.6 Å². The van der Waals surface area contributed by atoms with E-state index in [9.17, 15) is 19.5 Å². The van der Waals surface area contributed by atoms with E-state index in [4.69, 9.17) is 30.5 Å². The molecule has 3 rings (SSSR count). The fourth-order valence-corrected chi connectivity index (χ4v) is 3.90. The molecule has 0 amide bonds. The maximum absolute atomic E-state index is 12.8. The zero-order chi connectivity index (χ0) is 24.8. The summed E-state index contributed by atoms with van der Waals surface area (Å²) in [5.74, 6) is -1.24. The Bertz CT molecular complexity index is 1040. The first-order chi connectivity index (χ1) is 16.2. The Labute approximate surface area is 202 Å². The fourth-order valence-electron chi connectivity index (χ4n) is 3.71. The largest absolute Gasteiger partial charge is 0.494 e. The van der Waals surface area contributed by atoms with Crippen LogP contribution in [-0.2, 0) is 35.0 Å². The molecule has 2 aromatic carbocycles. The average molecular weight is 491 g/mol. The molecule has 1 saturated heterocycles. The van der Waals surface area contributed by atoms with Crippen molar-refractivity contribution >= 4 is 29.3 Å². The zero-order valence-corrected chi connectivity index (χ0v) is 19.9. The summed E-state index contributed by atoms with van der Waals surface area (Å²) in [6.45, 7) is 4.54. The summed E-state index contributed by atoms with van der Waals surface area (Å²) < 4.78 is 21.5. The van der Waals surface area contributed by atoms with Crippen molar-refractivity contribution in [1.82, 2.24) is 0 Å². The van der Waals surface area contributed by atoms with Gasteiger partial charge >= 0.3 is 11.9 Å². The number of aliphatic hydroxyl groups excluding tert-OH is 1. The van der Waals surface area contributed by atoms with Crippen LogP contribution in [0.5, 0.6) is 5.75 Å². The number of esters is 2. The summed E-state index contributed by atoms with van der Waals surface area (Å²) in [4.78, 5) is 35.7. The number of hydrogen-bond acceptors (Lipinski definition) is 8. The average Bonchev–Trinajstić information content (AvgIpc) is 2.79. The van der Waals surface area contributed by atoms with Crippen LogP contribution in [0, 0.1) is 0 Å². The summed E-state index contributed by atoms with van der Waals surface area (Å²) in [5, 5.41) is 10.9. The Balaban J connectivity index is 1.89. The van der Waals surface area contributed by atoms with E-state index in [1.165, 1.54) is 13.8 Å². The van der Waals surface area contributed by atoms with Crippen molar-refractivity contribution in [3.63, 3.8) is 0 Å². The molecule has 4 atom stereocenters. The molecule has 8 nitrogen and oxygen atoms in total. The quantitative estimate of drug-likeness (QED) is 0.562. The summed E-state index contributed by atoms with van der Waals surface area (Å²) in [6.07, 6.45) is -4.61. The smallest absolute Gasteiger partial charge is 0.303 e. The third-order valence-electron chi connectivity index (χ3n) is 5.29. The van der Waals surface area contributed by atoms with Crippen LogP contribution < -0.4 is 4.74 Å². The summed E-state index contributed by atoms with van der Waals surface area (Å²) >= 11 is 6.44. The van der Waals surface area contributed by atoms with Crippen LogP contribution in [0.3, 0.4) is 0 Å². The van der Waals surface area contributed by atoms with Crippen LogP contribution in [-0.4, -0.2) is 54.4 Å². The van der Waals surface area contributed by atoms with Gasteiger partial charge in [0.1, 0.15) is 30.7 Å². The highest BCUT2D eigenvalue weighted by atomic mass is 35.5. The second kappa shape index (κ2) is 11.5. The van der Waals surface area contributed by atoms with Crippen LogP contribution in [0.2, 0.25) is 5.02 Å². The SMILES string of the molecule is CCOc1ccc(Cc2cc([C@@H]3O[C@H](COC(C)=O)[C@H](O)C(=O)[C@@H]3OC(C)=O)ccc2Cl)cc1. The molecule has 0 radical (unpaired) electrons. The van der Waals surface area contributed by atoms with Gasteiger partial charge in [-0.15, -0.1) is 0 Å². The normalized spacial score (nSPS) is 22.2. The van der Waals surface area contributed by atoms with Gasteiger partial charge in [0.15, 0.2) is 6.10 Å². The van der Waals surface area contributed by atoms with E-state index < -0.39 is 42.1 Å². The number of ether oxygens (including phenoxy) is 4. The van der Waals surface area contributed by atoms with Crippen molar-refractivity contribution in [3.05, 3.63) is 64.2 Å². The van der Waals surface area contributed by atoms with Gasteiger partial charge in [-0.3, -0.25) is 14.4 Å². The van der Waals surface area contributed by atoms with E-state index in [0.29, 0.717) is 23.6 Å². The minimum atomic E-state index is -1.62. The van der Waals surface area contributed by atoms with Crippen LogP contribution in [0.15, 0.2) is 42.5 Å². The van der Waals surface area contributed by atoms with Crippen molar-refractivity contribution in [2.75, 3.05) is 13.2 Å². The van der Waals surface area contributed by atoms with Gasteiger partial charge in [-0.2, -0.15) is 0 Å². The molecule has 1 heterocycles. The van der Waals surface area contributed by atoms with Crippen LogP contribution in [0.4, 0.5) is 0 Å². The molecule has 0 bridgehead atoms. The minimum absolute atomic E-state index is 0.321. The molecule has 1 N–H and O–H groups in total. The van der Waals surface area contributed by atoms with Crippen molar-refractivity contribution in [2.24, 2.45) is 0 Å². The lowest BCUT2D eigenvalue weighted by Gasteiger charge is -2.37. The van der Waals surface area contributed by atoms with Crippen molar-refractivity contribution in [1.29, 1.82) is 0 Å². The van der Waals surface area contributed by atoms with E-state index in [2.05, 4.69) is 0 Å². The highest BCUT2D eigenvalue weighted by Crippen LogP contribution is 2.35. The first-order valence-electron chi connectivity index (χ1n) is 10.9. The lowest BCUT2D eigenvalue weighted by Crippen LogP contribution is -2.54. The van der Waals surface area contributed by atoms with Gasteiger partial charge in [-0.25, -0.2) is 0 Å². The first kappa shape index (κ1) is 25.7. The molecular formula is C25H27ClO8. The lowest BCUT2D eigenvalue weighted by atomic mass is 9.91. The number of hydrogen-bond donors (Lipinski definition) is 1. The summed E-state index contributed by atoms with van der Waals surface area (Å²) in [7, 11) is 0. The van der Waals surface area contributed by atoms with Gasteiger partial charge in [0.2, 0.25) is 5.78 Å². The number of aliphatic hydroxyl groups is 1.